The number of allylic oxidation sites excluding steroid dienone is 2. The molecule has 4 aliphatic rings. The third-order valence-electron chi connectivity index (χ3n) is 10.6. The normalized spacial score (nSPS) is 22.8. The Kier molecular flexibility index (Phi) is 5.16. The summed E-state index contributed by atoms with van der Waals surface area (Å²) in [7, 11) is 0. The monoisotopic (exact) mass is 672 g/mol. The summed E-state index contributed by atoms with van der Waals surface area (Å²) in [4.78, 5) is 0. The fraction of sp³-hybridized carbons (Fsp3) is 0.263. The second-order valence-electron chi connectivity index (χ2n) is 13.2. The van der Waals surface area contributed by atoms with Gasteiger partial charge in [0.15, 0.2) is 0 Å². The number of hydrogen-bond donors (Lipinski definition) is 0. The van der Waals surface area contributed by atoms with Crippen molar-refractivity contribution in [3.8, 4) is 22.3 Å². The van der Waals surface area contributed by atoms with Gasteiger partial charge in [-0.05, 0) is 0 Å². The first-order chi connectivity index (χ1) is 18.9. The average Bonchev–Trinajstić information content (AvgIpc) is 3.50. The summed E-state index contributed by atoms with van der Waals surface area (Å²) in [6, 6.07) is 32.7. The number of benzene rings is 4. The Hall–Kier alpha value is -2.77. The topological polar surface area (TPSA) is 0 Å². The molecule has 4 aromatic carbocycles. The summed E-state index contributed by atoms with van der Waals surface area (Å²) in [5, 5.41) is 0. The van der Waals surface area contributed by atoms with Crippen LogP contribution in [0.2, 0.25) is 9.36 Å². The molecule has 4 aromatic rings. The van der Waals surface area contributed by atoms with Gasteiger partial charge in [0.2, 0.25) is 0 Å². The molecule has 8 rings (SSSR count). The number of rotatable bonds is 2. The molecule has 2 fully saturated rings. The van der Waals surface area contributed by atoms with Crippen molar-refractivity contribution in [2.75, 3.05) is 0 Å². The van der Waals surface area contributed by atoms with Crippen LogP contribution in [0.15, 0.2) is 96.1 Å². The van der Waals surface area contributed by atoms with Crippen LogP contribution in [0.5, 0.6) is 0 Å². The summed E-state index contributed by atoms with van der Waals surface area (Å²) in [5.74, 6) is 0. The summed E-state index contributed by atoms with van der Waals surface area (Å²) in [6.07, 6.45) is 9.38. The molecule has 1 saturated heterocycles. The molecule has 0 amide bonds. The van der Waals surface area contributed by atoms with Gasteiger partial charge in [0.1, 0.15) is 0 Å². The van der Waals surface area contributed by atoms with Crippen LogP contribution in [0.25, 0.3) is 34.4 Å². The summed E-state index contributed by atoms with van der Waals surface area (Å²) in [5.41, 5.74) is 18.4. The van der Waals surface area contributed by atoms with Gasteiger partial charge in [0, 0.05) is 0 Å². The van der Waals surface area contributed by atoms with Gasteiger partial charge in [-0.3, -0.25) is 0 Å². The Balaban J connectivity index is 1.33. The molecule has 1 heterocycles. The van der Waals surface area contributed by atoms with E-state index >= 15 is 0 Å². The van der Waals surface area contributed by atoms with E-state index in [2.05, 4.69) is 120 Å². The zero-order valence-electron chi connectivity index (χ0n) is 23.5. The zero-order valence-corrected chi connectivity index (χ0v) is 27.1. The van der Waals surface area contributed by atoms with Crippen molar-refractivity contribution in [1.82, 2.24) is 0 Å². The predicted octanol–water partition coefficient (Wildman–Crippen LogP) is 10.6. The van der Waals surface area contributed by atoms with Crippen LogP contribution < -0.4 is 0 Å². The van der Waals surface area contributed by atoms with Crippen LogP contribution in [0.1, 0.15) is 60.0 Å². The van der Waals surface area contributed by atoms with Crippen LogP contribution >= 0.6 is 0 Å². The molecule has 2 unspecified atom stereocenters. The fourth-order valence-electron chi connectivity index (χ4n) is 8.65. The van der Waals surface area contributed by atoms with Gasteiger partial charge in [-0.2, -0.15) is 0 Å². The van der Waals surface area contributed by atoms with Gasteiger partial charge in [0.05, 0.1) is 0 Å². The van der Waals surface area contributed by atoms with E-state index in [1.807, 2.05) is 0 Å². The molecule has 39 heavy (non-hydrogen) atoms. The molecule has 0 radical (unpaired) electrons. The van der Waals surface area contributed by atoms with Gasteiger partial charge in [-0.15, -0.1) is 0 Å². The van der Waals surface area contributed by atoms with E-state index in [1.165, 1.54) is 63.8 Å². The average molecular weight is 671 g/mol. The zero-order chi connectivity index (χ0) is 26.5. The molecular weight excluding hydrogens is 635 g/mol. The molecule has 0 aromatic heterocycles. The SMILES string of the molecule is Cc1ccc(-c2cccc3c2C=C2[CH]3[Hf]([CH3])([CH3])[CH]3C(=Cc4c(-c5ccc(C)cc5)cccc43)C23CCC3)cc1. The second kappa shape index (κ2) is 8.37. The molecule has 2 atom stereocenters. The van der Waals surface area contributed by atoms with Gasteiger partial charge >= 0.3 is 239 Å². The first-order valence-corrected chi connectivity index (χ1v) is 26.1. The van der Waals surface area contributed by atoms with E-state index in [0.29, 0.717) is 7.35 Å². The predicted molar refractivity (Wildman–Crippen MR) is 163 cm³/mol. The molecule has 3 aliphatic carbocycles. The number of aryl methyl sites for hydroxylation is 2. The molecule has 0 nitrogen and oxygen atoms in total. The minimum atomic E-state index is -2.98. The molecule has 1 saturated carbocycles. The van der Waals surface area contributed by atoms with Crippen LogP contribution in [-0.4, -0.2) is 0 Å². The number of fused-ring (bicyclic) bond motifs is 8. The second-order valence-corrected chi connectivity index (χ2v) is 30.4. The van der Waals surface area contributed by atoms with Crippen molar-refractivity contribution in [2.24, 2.45) is 5.41 Å². The Morgan fingerprint density at radius 2 is 1.03 bits per heavy atom. The standard InChI is InChI=1S/C36H30.2CH3.Hf/c1-24-10-14-26(15-11-24)32-8-3-6-28-20-30(22-34(28)32)36(18-5-19-36)31-21-29-7-4-9-33(35(29)23-31)27-16-12-25(2)13-17-27;;;/h3-4,6-17,20-23H,5,18-19H2,1-2H3;2*1H3;. The van der Waals surface area contributed by atoms with Crippen molar-refractivity contribution in [2.45, 2.75) is 49.8 Å². The van der Waals surface area contributed by atoms with Crippen LogP contribution in [0, 0.1) is 19.3 Å². The third kappa shape index (κ3) is 3.26. The van der Waals surface area contributed by atoms with Crippen LogP contribution in [0.4, 0.5) is 0 Å². The molecule has 0 N–H and O–H groups in total. The van der Waals surface area contributed by atoms with Crippen molar-refractivity contribution in [1.29, 1.82) is 0 Å². The molecule has 1 heteroatoms. The van der Waals surface area contributed by atoms with Crippen LogP contribution in [0.3, 0.4) is 0 Å². The first-order valence-electron chi connectivity index (χ1n) is 14.7. The summed E-state index contributed by atoms with van der Waals surface area (Å²) in [6.45, 7) is 4.37. The van der Waals surface area contributed by atoms with Crippen molar-refractivity contribution < 1.29 is 20.0 Å². The van der Waals surface area contributed by atoms with Gasteiger partial charge in [-0.25, -0.2) is 0 Å². The van der Waals surface area contributed by atoms with E-state index < -0.39 is 20.0 Å². The molecule has 0 bridgehead atoms. The van der Waals surface area contributed by atoms with E-state index in [9.17, 15) is 0 Å². The first kappa shape index (κ1) is 24.1. The Morgan fingerprint density at radius 1 is 0.590 bits per heavy atom. The summed E-state index contributed by atoms with van der Waals surface area (Å²) >= 11 is -2.98. The Morgan fingerprint density at radius 3 is 1.41 bits per heavy atom. The van der Waals surface area contributed by atoms with Crippen LogP contribution in [-0.2, 0) is 20.0 Å². The van der Waals surface area contributed by atoms with E-state index in [1.54, 1.807) is 22.3 Å². The maximum absolute atomic E-state index is 2.98. The molecular formula is C38H36Hf. The van der Waals surface area contributed by atoms with E-state index in [-0.39, 0.29) is 5.41 Å². The van der Waals surface area contributed by atoms with Gasteiger partial charge < -0.3 is 0 Å². The Bertz CT molecular complexity index is 1590. The number of hydrogen-bond acceptors (Lipinski definition) is 0. The quantitative estimate of drug-likeness (QED) is 0.186. The molecule has 1 aliphatic heterocycles. The maximum atomic E-state index is 2.77. The van der Waals surface area contributed by atoms with Crippen molar-refractivity contribution in [3.05, 3.63) is 129 Å². The van der Waals surface area contributed by atoms with E-state index in [0.717, 1.165) is 0 Å². The van der Waals surface area contributed by atoms with Crippen molar-refractivity contribution in [3.63, 3.8) is 0 Å². The third-order valence-corrected chi connectivity index (χ3v) is 25.8. The van der Waals surface area contributed by atoms with E-state index in [4.69, 9.17) is 0 Å². The summed E-state index contributed by atoms with van der Waals surface area (Å²) < 4.78 is 6.90. The minimum absolute atomic E-state index is 0.262. The van der Waals surface area contributed by atoms with Gasteiger partial charge in [-0.1, -0.05) is 0 Å². The fourth-order valence-corrected chi connectivity index (χ4v) is 25.8. The van der Waals surface area contributed by atoms with Gasteiger partial charge in [0.25, 0.3) is 0 Å². The molecule has 192 valence electrons. The molecule has 1 spiro atoms. The Labute approximate surface area is 237 Å². The van der Waals surface area contributed by atoms with Crippen molar-refractivity contribution >= 4 is 12.2 Å².